The monoisotopic (exact) mass is 358 g/mol. The van der Waals surface area contributed by atoms with Gasteiger partial charge in [-0.25, -0.2) is 4.79 Å². The van der Waals surface area contributed by atoms with Crippen LogP contribution in [0.2, 0.25) is 10.0 Å². The third kappa shape index (κ3) is 5.27. The van der Waals surface area contributed by atoms with Crippen molar-refractivity contribution >= 4 is 29.3 Å². The summed E-state index contributed by atoms with van der Waals surface area (Å²) in [5, 5.41) is 4.76. The van der Waals surface area contributed by atoms with E-state index in [9.17, 15) is 4.79 Å². The molecular formula is C17H24Cl2N2O2. The van der Waals surface area contributed by atoms with Crippen molar-refractivity contribution in [2.45, 2.75) is 45.9 Å². The minimum absolute atomic E-state index is 0.217. The molecule has 1 aliphatic heterocycles. The fraction of sp³-hybridized carbons (Fsp3) is 0.588. The van der Waals surface area contributed by atoms with Gasteiger partial charge in [-0.15, -0.1) is 0 Å². The normalized spacial score (nSPS) is 21.6. The first-order valence-corrected chi connectivity index (χ1v) is 8.56. The van der Waals surface area contributed by atoms with Gasteiger partial charge >= 0.3 is 6.09 Å². The van der Waals surface area contributed by atoms with Gasteiger partial charge in [-0.3, -0.25) is 0 Å². The molecule has 23 heavy (non-hydrogen) atoms. The second kappa shape index (κ2) is 7.29. The quantitative estimate of drug-likeness (QED) is 0.873. The van der Waals surface area contributed by atoms with Crippen molar-refractivity contribution in [2.24, 2.45) is 5.92 Å². The van der Waals surface area contributed by atoms with E-state index in [2.05, 4.69) is 12.2 Å². The second-order valence-electron chi connectivity index (χ2n) is 7.09. The van der Waals surface area contributed by atoms with Crippen LogP contribution < -0.4 is 5.32 Å². The van der Waals surface area contributed by atoms with Crippen molar-refractivity contribution in [1.29, 1.82) is 0 Å². The molecule has 0 bridgehead atoms. The molecule has 0 spiro atoms. The molecule has 4 nitrogen and oxygen atoms in total. The van der Waals surface area contributed by atoms with E-state index in [1.807, 2.05) is 32.9 Å². The first kappa shape index (κ1) is 18.4. The van der Waals surface area contributed by atoms with Crippen LogP contribution in [0.25, 0.3) is 0 Å². The van der Waals surface area contributed by atoms with Crippen molar-refractivity contribution in [2.75, 3.05) is 13.1 Å². The molecule has 0 aliphatic carbocycles. The van der Waals surface area contributed by atoms with Crippen LogP contribution in [0.15, 0.2) is 18.2 Å². The minimum atomic E-state index is -0.470. The Hall–Kier alpha value is -0.970. The summed E-state index contributed by atoms with van der Waals surface area (Å²) in [6.45, 7) is 9.74. The number of carbonyl (C=O) groups is 1. The van der Waals surface area contributed by atoms with E-state index in [1.165, 1.54) is 0 Å². The molecule has 1 aromatic rings. The lowest BCUT2D eigenvalue weighted by Crippen LogP contribution is -2.38. The number of carbonyl (C=O) groups excluding carboxylic acids is 1. The van der Waals surface area contributed by atoms with Crippen LogP contribution in [0.4, 0.5) is 4.79 Å². The van der Waals surface area contributed by atoms with Crippen molar-refractivity contribution in [3.8, 4) is 0 Å². The fourth-order valence-corrected chi connectivity index (χ4v) is 3.09. The van der Waals surface area contributed by atoms with E-state index >= 15 is 0 Å². The van der Waals surface area contributed by atoms with Crippen LogP contribution in [0.5, 0.6) is 0 Å². The average Bonchev–Trinajstić information content (AvgIpc) is 2.77. The number of hydrogen-bond donors (Lipinski definition) is 1. The molecule has 2 unspecified atom stereocenters. The molecule has 0 radical (unpaired) electrons. The SMILES string of the molecule is CC1CN(C(=O)OC(C)(C)C)CC1NCc1ccc(Cl)cc1Cl. The molecule has 1 fully saturated rings. The second-order valence-corrected chi connectivity index (χ2v) is 7.93. The molecule has 6 heteroatoms. The fourth-order valence-electron chi connectivity index (χ4n) is 2.61. The van der Waals surface area contributed by atoms with Gasteiger partial charge in [0.1, 0.15) is 5.60 Å². The smallest absolute Gasteiger partial charge is 0.410 e. The largest absolute Gasteiger partial charge is 0.444 e. The Balaban J connectivity index is 1.90. The van der Waals surface area contributed by atoms with Crippen LogP contribution in [0, 0.1) is 5.92 Å². The number of halogens is 2. The van der Waals surface area contributed by atoms with E-state index in [4.69, 9.17) is 27.9 Å². The molecule has 0 saturated carbocycles. The van der Waals surface area contributed by atoms with Gasteiger partial charge in [-0.2, -0.15) is 0 Å². The number of nitrogens with zero attached hydrogens (tertiary/aromatic N) is 1. The molecule has 2 rings (SSSR count). The molecule has 1 aliphatic rings. The van der Waals surface area contributed by atoms with Gasteiger partial charge in [0.05, 0.1) is 0 Å². The highest BCUT2D eigenvalue weighted by molar-refractivity contribution is 6.35. The van der Waals surface area contributed by atoms with Gasteiger partial charge in [0, 0.05) is 35.7 Å². The molecular weight excluding hydrogens is 335 g/mol. The number of benzene rings is 1. The number of amides is 1. The van der Waals surface area contributed by atoms with E-state index in [1.54, 1.807) is 11.0 Å². The first-order chi connectivity index (χ1) is 10.7. The summed E-state index contributed by atoms with van der Waals surface area (Å²) in [6, 6.07) is 5.71. The summed E-state index contributed by atoms with van der Waals surface area (Å²) in [5.41, 5.74) is 0.529. The number of nitrogens with one attached hydrogen (secondary N) is 1. The lowest BCUT2D eigenvalue weighted by atomic mass is 10.1. The summed E-state index contributed by atoms with van der Waals surface area (Å²) in [4.78, 5) is 13.9. The summed E-state index contributed by atoms with van der Waals surface area (Å²) in [5.74, 6) is 0.355. The van der Waals surface area contributed by atoms with E-state index in [0.717, 1.165) is 5.56 Å². The van der Waals surface area contributed by atoms with Crippen LogP contribution in [0.3, 0.4) is 0 Å². The third-order valence-corrected chi connectivity index (χ3v) is 4.42. The topological polar surface area (TPSA) is 41.6 Å². The lowest BCUT2D eigenvalue weighted by Gasteiger charge is -2.24. The van der Waals surface area contributed by atoms with Crippen molar-refractivity contribution in [3.05, 3.63) is 33.8 Å². The van der Waals surface area contributed by atoms with E-state index in [0.29, 0.717) is 35.6 Å². The Labute approximate surface area is 148 Å². The Kier molecular flexibility index (Phi) is 5.82. The van der Waals surface area contributed by atoms with Gasteiger partial charge in [0.2, 0.25) is 0 Å². The predicted molar refractivity (Wildman–Crippen MR) is 94.1 cm³/mol. The summed E-state index contributed by atoms with van der Waals surface area (Å²) in [7, 11) is 0. The number of rotatable bonds is 3. The molecule has 2 atom stereocenters. The zero-order chi connectivity index (χ0) is 17.2. The zero-order valence-corrected chi connectivity index (χ0v) is 15.5. The Morgan fingerprint density at radius 2 is 2.04 bits per heavy atom. The van der Waals surface area contributed by atoms with Crippen LogP contribution in [-0.4, -0.2) is 35.7 Å². The molecule has 1 aromatic carbocycles. The highest BCUT2D eigenvalue weighted by atomic mass is 35.5. The van der Waals surface area contributed by atoms with Gasteiger partial charge in [-0.1, -0.05) is 36.2 Å². The number of likely N-dealkylation sites (tertiary alicyclic amines) is 1. The van der Waals surface area contributed by atoms with Gasteiger partial charge < -0.3 is 15.0 Å². The highest BCUT2D eigenvalue weighted by Crippen LogP contribution is 2.23. The summed E-state index contributed by atoms with van der Waals surface area (Å²) < 4.78 is 5.44. The van der Waals surface area contributed by atoms with Crippen molar-refractivity contribution < 1.29 is 9.53 Å². The molecule has 128 valence electrons. The molecule has 0 aromatic heterocycles. The molecule has 1 amide bonds. The maximum atomic E-state index is 12.2. The van der Waals surface area contributed by atoms with Crippen LogP contribution in [0.1, 0.15) is 33.3 Å². The number of hydrogen-bond acceptors (Lipinski definition) is 3. The number of ether oxygens (including phenoxy) is 1. The lowest BCUT2D eigenvalue weighted by molar-refractivity contribution is 0.0286. The maximum absolute atomic E-state index is 12.2. The molecule has 1 heterocycles. The first-order valence-electron chi connectivity index (χ1n) is 7.81. The average molecular weight is 359 g/mol. The van der Waals surface area contributed by atoms with E-state index in [-0.39, 0.29) is 12.1 Å². The van der Waals surface area contributed by atoms with Crippen LogP contribution >= 0.6 is 23.2 Å². The molecule has 1 saturated heterocycles. The van der Waals surface area contributed by atoms with Crippen molar-refractivity contribution in [1.82, 2.24) is 10.2 Å². The third-order valence-electron chi connectivity index (χ3n) is 3.83. The zero-order valence-electron chi connectivity index (χ0n) is 14.0. The predicted octanol–water partition coefficient (Wildman–Crippen LogP) is 4.34. The van der Waals surface area contributed by atoms with Crippen molar-refractivity contribution in [3.63, 3.8) is 0 Å². The Morgan fingerprint density at radius 1 is 1.35 bits per heavy atom. The standard InChI is InChI=1S/C17H24Cl2N2O2/c1-11-9-21(16(22)23-17(2,3)4)10-15(11)20-8-12-5-6-13(18)7-14(12)19/h5-7,11,15,20H,8-10H2,1-4H3. The van der Waals surface area contributed by atoms with Gasteiger partial charge in [0.25, 0.3) is 0 Å². The Morgan fingerprint density at radius 3 is 2.65 bits per heavy atom. The van der Waals surface area contributed by atoms with E-state index < -0.39 is 5.60 Å². The summed E-state index contributed by atoms with van der Waals surface area (Å²) >= 11 is 12.1. The maximum Gasteiger partial charge on any atom is 0.410 e. The van der Waals surface area contributed by atoms with Gasteiger partial charge in [0.15, 0.2) is 0 Å². The summed E-state index contributed by atoms with van der Waals surface area (Å²) in [6.07, 6.45) is -0.252. The Bertz CT molecular complexity index is 572. The highest BCUT2D eigenvalue weighted by Gasteiger charge is 2.34. The van der Waals surface area contributed by atoms with Crippen LogP contribution in [-0.2, 0) is 11.3 Å². The molecule has 1 N–H and O–H groups in total. The van der Waals surface area contributed by atoms with Gasteiger partial charge in [-0.05, 0) is 44.4 Å². The minimum Gasteiger partial charge on any atom is -0.444 e.